The van der Waals surface area contributed by atoms with Crippen LogP contribution in [-0.4, -0.2) is 39.8 Å². The average molecular weight is 357 g/mol. The van der Waals surface area contributed by atoms with Crippen LogP contribution in [0.25, 0.3) is 5.82 Å². The van der Waals surface area contributed by atoms with Crippen LogP contribution in [0.5, 0.6) is 5.88 Å². The van der Waals surface area contributed by atoms with Gasteiger partial charge in [-0.25, -0.2) is 9.48 Å². The van der Waals surface area contributed by atoms with E-state index in [9.17, 15) is 4.79 Å². The van der Waals surface area contributed by atoms with Crippen LogP contribution < -0.4 is 10.4 Å². The maximum atomic E-state index is 12.0. The first-order valence-electron chi connectivity index (χ1n) is 6.30. The molecule has 0 aliphatic rings. The summed E-state index contributed by atoms with van der Waals surface area (Å²) in [5, 5.41) is 16.4. The molecule has 0 fully saturated rings. The maximum Gasteiger partial charge on any atom is 0.369 e. The number of H-pyrrole nitrogens is 1. The highest BCUT2D eigenvalue weighted by atomic mass is 79.9. The Morgan fingerprint density at radius 2 is 2.24 bits per heavy atom. The highest BCUT2D eigenvalue weighted by Gasteiger charge is 2.20. The van der Waals surface area contributed by atoms with E-state index in [4.69, 9.17) is 6.15 Å². The number of tetrazole rings is 1. The predicted molar refractivity (Wildman–Crippen MR) is 74.0 cm³/mol. The molecule has 0 radical (unpaired) electrons. The molecular weight excluding hydrogens is 344 g/mol. The number of hydrogen-bond acceptors (Lipinski definition) is 6. The summed E-state index contributed by atoms with van der Waals surface area (Å²) in [6.07, 6.45) is 1.45. The molecule has 0 atom stereocenters. The molecule has 0 aliphatic carbocycles. The molecule has 11 heteroatoms. The molecule has 10 nitrogen and oxygen atoms in total. The van der Waals surface area contributed by atoms with Crippen LogP contribution in [0.3, 0.4) is 0 Å². The lowest BCUT2D eigenvalue weighted by Crippen LogP contribution is -2.24. The summed E-state index contributed by atoms with van der Waals surface area (Å²) < 4.78 is 17.1. The molecule has 0 unspecified atom stereocenters. The van der Waals surface area contributed by atoms with Gasteiger partial charge in [-0.1, -0.05) is 0 Å². The van der Waals surface area contributed by atoms with Gasteiger partial charge >= 0.3 is 5.69 Å². The standard InChI is InChI=1S/C10H11BrN8O2/c1-17-9(19-10(20)18(2)15-16-19)6(8(11)14-17)5-21-7-3-4-12-13-7/h3-4H,5H2,1-2H3,(H,12,13)/i/hT. The van der Waals surface area contributed by atoms with Crippen LogP contribution in [0.1, 0.15) is 5.56 Å². The molecule has 0 saturated heterocycles. The number of aromatic nitrogens is 8. The molecule has 0 aliphatic heterocycles. The van der Waals surface area contributed by atoms with Crippen molar-refractivity contribution in [1.82, 2.24) is 39.8 Å². The second-order valence-corrected chi connectivity index (χ2v) is 4.92. The molecule has 3 aromatic rings. The molecule has 110 valence electrons. The molecule has 1 N–H and O–H groups in total. The van der Waals surface area contributed by atoms with Gasteiger partial charge in [-0.3, -0.25) is 5.09 Å². The molecule has 0 spiro atoms. The number of aromatic amines is 1. The van der Waals surface area contributed by atoms with Crippen LogP contribution in [0, 0.1) is 0 Å². The first-order chi connectivity index (χ1) is 10.5. The van der Waals surface area contributed by atoms with Crippen molar-refractivity contribution in [3.63, 3.8) is 0 Å². The molecule has 21 heavy (non-hydrogen) atoms. The highest BCUT2D eigenvalue weighted by Crippen LogP contribution is 2.22. The summed E-state index contributed by atoms with van der Waals surface area (Å²) >= 11 is 3.33. The van der Waals surface area contributed by atoms with Crippen molar-refractivity contribution in [2.24, 2.45) is 14.1 Å². The maximum absolute atomic E-state index is 12.0. The molecule has 3 aromatic heterocycles. The lowest BCUT2D eigenvalue weighted by Gasteiger charge is -2.05. The Bertz CT molecular complexity index is 878. The first-order valence-corrected chi connectivity index (χ1v) is 6.65. The van der Waals surface area contributed by atoms with Gasteiger partial charge in [0, 0.05) is 26.4 Å². The zero-order valence-corrected chi connectivity index (χ0v) is 12.7. The lowest BCUT2D eigenvalue weighted by atomic mass is 10.3. The number of aryl methyl sites for hydroxylation is 2. The van der Waals surface area contributed by atoms with Crippen molar-refractivity contribution in [2.75, 3.05) is 0 Å². The number of nitrogens with zero attached hydrogens (tertiary/aromatic N) is 7. The van der Waals surface area contributed by atoms with Gasteiger partial charge in [0.25, 0.3) is 0 Å². The lowest BCUT2D eigenvalue weighted by molar-refractivity contribution is 0.292. The predicted octanol–water partition coefficient (Wildman–Crippen LogP) is -0.236. The summed E-state index contributed by atoms with van der Waals surface area (Å²) in [6.45, 7) is 0.101. The Morgan fingerprint density at radius 3 is 2.86 bits per heavy atom. The zero-order valence-electron chi connectivity index (χ0n) is 12.1. The van der Waals surface area contributed by atoms with E-state index in [0.717, 1.165) is 14.5 Å². The van der Waals surface area contributed by atoms with E-state index >= 15 is 0 Å². The van der Waals surface area contributed by atoms with Crippen LogP contribution in [0.2, 0.25) is 1.41 Å². The normalized spacial score (nSPS) is 11.7. The number of nitrogens with one attached hydrogen (secondary N) is 1. The smallest absolute Gasteiger partial charge is 0.369 e. The summed E-state index contributed by atoms with van der Waals surface area (Å²) in [5.74, 6) is 0.735. The topological polar surface area (TPSA) is 108 Å². The molecule has 0 aromatic carbocycles. The fourth-order valence-corrected chi connectivity index (χ4v) is 2.34. The molecule has 3 rings (SSSR count). The third-order valence-corrected chi connectivity index (χ3v) is 3.43. The quantitative estimate of drug-likeness (QED) is 0.691. The number of hydrogen-bond donors (Lipinski definition) is 1. The van der Waals surface area contributed by atoms with Crippen LogP contribution in [0.4, 0.5) is 0 Å². The minimum absolute atomic E-state index is 0.101. The van der Waals surface area contributed by atoms with Gasteiger partial charge in [0.05, 0.1) is 5.56 Å². The minimum atomic E-state index is -0.396. The molecule has 3 heterocycles. The van der Waals surface area contributed by atoms with E-state index in [2.05, 4.69) is 36.6 Å². The van der Waals surface area contributed by atoms with Gasteiger partial charge in [0.15, 0.2) is 7.23 Å². The van der Waals surface area contributed by atoms with Gasteiger partial charge in [0.1, 0.15) is 11.2 Å². The van der Waals surface area contributed by atoms with Crippen molar-refractivity contribution < 1.29 is 6.15 Å². The van der Waals surface area contributed by atoms with Gasteiger partial charge in [0.2, 0.25) is 5.88 Å². The summed E-state index contributed by atoms with van der Waals surface area (Å²) in [4.78, 5) is 12.0. The van der Waals surface area contributed by atoms with E-state index in [1.165, 1.54) is 17.9 Å². The van der Waals surface area contributed by atoms with Gasteiger partial charge < -0.3 is 4.74 Å². The van der Waals surface area contributed by atoms with Crippen molar-refractivity contribution in [1.29, 1.82) is 0 Å². The van der Waals surface area contributed by atoms with Crippen molar-refractivity contribution in [3.05, 3.63) is 32.9 Å². The fraction of sp³-hybridized carbons (Fsp3) is 0.300. The number of halogens is 1. The Hall–Kier alpha value is -2.43. The summed E-state index contributed by atoms with van der Waals surface area (Å²) in [5.41, 5.74) is 0.219. The van der Waals surface area contributed by atoms with E-state index in [1.54, 1.807) is 13.1 Å². The molecule has 0 bridgehead atoms. The average Bonchev–Trinajstić information content (AvgIpc) is 3.09. The Labute approximate surface area is 127 Å². The summed E-state index contributed by atoms with van der Waals surface area (Å²) in [7, 11) is 3.19. The first kappa shape index (κ1) is 12.3. The molecule has 0 amide bonds. The number of rotatable bonds is 4. The third-order valence-electron chi connectivity index (χ3n) is 2.79. The zero-order chi connectivity index (χ0) is 15.9. The third kappa shape index (κ3) is 2.35. The van der Waals surface area contributed by atoms with Gasteiger partial charge in [-0.2, -0.15) is 9.78 Å². The second-order valence-electron chi connectivity index (χ2n) is 4.17. The van der Waals surface area contributed by atoms with Crippen LogP contribution in [-0.2, 0) is 20.7 Å². The molecular formula is C10H11BrN8O2. The fourth-order valence-electron chi connectivity index (χ4n) is 1.81. The largest absolute Gasteiger partial charge is 0.471 e. The Morgan fingerprint density at radius 1 is 1.43 bits per heavy atom. The van der Waals surface area contributed by atoms with Crippen LogP contribution >= 0.6 is 15.9 Å². The monoisotopic (exact) mass is 356 g/mol. The van der Waals surface area contributed by atoms with E-state index in [-0.39, 0.29) is 6.61 Å². The van der Waals surface area contributed by atoms with Gasteiger partial charge in [-0.15, -0.1) is 9.78 Å². The number of ether oxygens (including phenoxy) is 1. The Kier molecular flexibility index (Phi) is 3.03. The Balaban J connectivity index is 1.97. The van der Waals surface area contributed by atoms with Crippen LogP contribution in [0.15, 0.2) is 21.7 Å². The van der Waals surface area contributed by atoms with E-state index < -0.39 is 5.69 Å². The minimum Gasteiger partial charge on any atom is -0.471 e. The highest BCUT2D eigenvalue weighted by molar-refractivity contribution is 9.10. The SMILES string of the molecule is [3H]n1ccc(OCc2c(Br)nn(C)c2-n2nnn(C)c2=O)n1. The van der Waals surface area contributed by atoms with Crippen molar-refractivity contribution in [3.8, 4) is 11.7 Å². The van der Waals surface area contributed by atoms with Crippen molar-refractivity contribution >= 4 is 15.9 Å². The van der Waals surface area contributed by atoms with Crippen molar-refractivity contribution in [2.45, 2.75) is 6.61 Å². The van der Waals surface area contributed by atoms with E-state index in [0.29, 0.717) is 21.9 Å². The second kappa shape index (κ2) is 5.16. The summed E-state index contributed by atoms with van der Waals surface area (Å²) in [6, 6.07) is 1.56. The van der Waals surface area contributed by atoms with Gasteiger partial charge in [-0.05, 0) is 26.4 Å². The van der Waals surface area contributed by atoms with E-state index in [1.807, 2.05) is 0 Å². The molecule has 0 saturated carbocycles.